The second-order valence-corrected chi connectivity index (χ2v) is 9.09. The van der Waals surface area contributed by atoms with Gasteiger partial charge in [-0.15, -0.1) is 0 Å². The van der Waals surface area contributed by atoms with Gasteiger partial charge in [-0.05, 0) is 54.7 Å². The van der Waals surface area contributed by atoms with Crippen molar-refractivity contribution < 1.29 is 13.2 Å². The molecule has 1 aliphatic carbocycles. The predicted molar refractivity (Wildman–Crippen MR) is 113 cm³/mol. The summed E-state index contributed by atoms with van der Waals surface area (Å²) in [5, 5.41) is 5.44. The van der Waals surface area contributed by atoms with Gasteiger partial charge in [-0.25, -0.2) is 17.9 Å². The molecule has 2 aromatic rings. The van der Waals surface area contributed by atoms with E-state index in [4.69, 9.17) is 0 Å². The number of nitrogens with zero attached hydrogens (tertiary/aromatic N) is 1. The van der Waals surface area contributed by atoms with Gasteiger partial charge in [-0.3, -0.25) is 4.98 Å². The molecule has 0 saturated heterocycles. The van der Waals surface area contributed by atoms with E-state index in [1.807, 2.05) is 6.07 Å². The van der Waals surface area contributed by atoms with E-state index in [9.17, 15) is 13.2 Å². The number of pyridine rings is 1. The van der Waals surface area contributed by atoms with Crippen molar-refractivity contribution in [1.29, 1.82) is 0 Å². The number of hydrogen-bond donors (Lipinski definition) is 3. The summed E-state index contributed by atoms with van der Waals surface area (Å²) in [6, 6.07) is 9.52. The monoisotopic (exact) mass is 416 g/mol. The molecule has 7 nitrogen and oxygen atoms in total. The quantitative estimate of drug-likeness (QED) is 0.641. The first-order valence-electron chi connectivity index (χ1n) is 10.0. The Kier molecular flexibility index (Phi) is 7.22. The van der Waals surface area contributed by atoms with Crippen molar-refractivity contribution in [3.8, 4) is 0 Å². The zero-order valence-electron chi connectivity index (χ0n) is 16.6. The molecule has 8 heteroatoms. The van der Waals surface area contributed by atoms with E-state index in [0.717, 1.165) is 31.2 Å². The zero-order chi connectivity index (χ0) is 20.7. The summed E-state index contributed by atoms with van der Waals surface area (Å²) in [5.74, 6) is 0.392. The number of benzene rings is 1. The maximum absolute atomic E-state index is 12.7. The number of carbonyl (C=O) groups excluding carboxylic acids is 1. The second-order valence-electron chi connectivity index (χ2n) is 7.37. The van der Waals surface area contributed by atoms with E-state index in [1.165, 1.54) is 18.6 Å². The largest absolute Gasteiger partial charge is 0.334 e. The molecule has 3 N–H and O–H groups in total. The van der Waals surface area contributed by atoms with E-state index in [0.29, 0.717) is 18.2 Å². The highest BCUT2D eigenvalue weighted by molar-refractivity contribution is 7.89. The van der Waals surface area contributed by atoms with Gasteiger partial charge in [0.25, 0.3) is 0 Å². The van der Waals surface area contributed by atoms with E-state index in [-0.39, 0.29) is 17.0 Å². The number of aromatic nitrogens is 1. The summed E-state index contributed by atoms with van der Waals surface area (Å²) in [6.07, 6.45) is 8.51. The molecule has 1 aliphatic rings. The van der Waals surface area contributed by atoms with Crippen molar-refractivity contribution in [3.63, 3.8) is 0 Å². The zero-order valence-corrected chi connectivity index (χ0v) is 17.4. The van der Waals surface area contributed by atoms with Crippen LogP contribution in [-0.4, -0.2) is 25.5 Å². The molecule has 0 bridgehead atoms. The fourth-order valence-corrected chi connectivity index (χ4v) is 5.04. The van der Waals surface area contributed by atoms with Crippen LogP contribution in [0.5, 0.6) is 0 Å². The standard InChI is InChI=1S/C21H28N4O3S/c1-2-17-7-3-4-8-20(17)25-29(27,28)19-11-9-18(10-12-19)24-21(26)23-15-16-6-5-13-22-14-16/h5-6,9-14,17,20,25H,2-4,7-8,15H2,1H3,(H2,23,24,26). The van der Waals surface area contributed by atoms with Gasteiger partial charge in [-0.1, -0.05) is 32.3 Å². The number of urea groups is 1. The molecule has 2 unspecified atom stereocenters. The molecule has 3 rings (SSSR count). The van der Waals surface area contributed by atoms with Crippen molar-refractivity contribution in [2.45, 2.75) is 56.5 Å². The Balaban J connectivity index is 1.56. The number of sulfonamides is 1. The Morgan fingerprint density at radius 2 is 1.90 bits per heavy atom. The van der Waals surface area contributed by atoms with Gasteiger partial charge >= 0.3 is 6.03 Å². The molecule has 1 aromatic heterocycles. The van der Waals surface area contributed by atoms with E-state index in [1.54, 1.807) is 30.6 Å². The van der Waals surface area contributed by atoms with Gasteiger partial charge in [-0.2, -0.15) is 0 Å². The van der Waals surface area contributed by atoms with E-state index >= 15 is 0 Å². The maximum Gasteiger partial charge on any atom is 0.319 e. The summed E-state index contributed by atoms with van der Waals surface area (Å²) < 4.78 is 28.4. The summed E-state index contributed by atoms with van der Waals surface area (Å²) in [6.45, 7) is 2.47. The van der Waals surface area contributed by atoms with Crippen LogP contribution in [0.2, 0.25) is 0 Å². The van der Waals surface area contributed by atoms with Gasteiger partial charge in [0.05, 0.1) is 4.90 Å². The molecule has 1 heterocycles. The first-order valence-corrected chi connectivity index (χ1v) is 11.5. The molecule has 156 valence electrons. The second kappa shape index (κ2) is 9.84. The van der Waals surface area contributed by atoms with Crippen LogP contribution in [0, 0.1) is 5.92 Å². The number of amides is 2. The molecule has 29 heavy (non-hydrogen) atoms. The number of hydrogen-bond acceptors (Lipinski definition) is 4. The van der Waals surface area contributed by atoms with Crippen LogP contribution in [0.25, 0.3) is 0 Å². The average molecular weight is 417 g/mol. The smallest absolute Gasteiger partial charge is 0.319 e. The van der Waals surface area contributed by atoms with Crippen molar-refractivity contribution in [3.05, 3.63) is 54.4 Å². The lowest BCUT2D eigenvalue weighted by Crippen LogP contribution is -2.41. The molecule has 0 aliphatic heterocycles. The van der Waals surface area contributed by atoms with Crippen LogP contribution in [0.1, 0.15) is 44.6 Å². The molecular formula is C21H28N4O3S. The Bertz CT molecular complexity index is 901. The number of rotatable bonds is 7. The highest BCUT2D eigenvalue weighted by Crippen LogP contribution is 2.28. The lowest BCUT2D eigenvalue weighted by atomic mass is 9.83. The molecular weight excluding hydrogens is 388 g/mol. The minimum Gasteiger partial charge on any atom is -0.334 e. The van der Waals surface area contributed by atoms with Gasteiger partial charge < -0.3 is 10.6 Å². The maximum atomic E-state index is 12.7. The highest BCUT2D eigenvalue weighted by atomic mass is 32.2. The van der Waals surface area contributed by atoms with Crippen LogP contribution >= 0.6 is 0 Å². The topological polar surface area (TPSA) is 100 Å². The van der Waals surface area contributed by atoms with Crippen molar-refractivity contribution in [2.24, 2.45) is 5.92 Å². The SMILES string of the molecule is CCC1CCCCC1NS(=O)(=O)c1ccc(NC(=O)NCc2cccnc2)cc1. The third-order valence-corrected chi connectivity index (χ3v) is 6.84. The summed E-state index contributed by atoms with van der Waals surface area (Å²) in [5.41, 5.74) is 1.42. The fraction of sp³-hybridized carbons (Fsp3) is 0.429. The minimum atomic E-state index is -3.58. The Labute approximate surface area is 172 Å². The van der Waals surface area contributed by atoms with Crippen LogP contribution < -0.4 is 15.4 Å². The molecule has 1 fully saturated rings. The summed E-state index contributed by atoms with van der Waals surface area (Å²) >= 11 is 0. The van der Waals surface area contributed by atoms with Crippen LogP contribution in [0.15, 0.2) is 53.7 Å². The molecule has 1 aromatic carbocycles. The van der Waals surface area contributed by atoms with E-state index in [2.05, 4.69) is 27.3 Å². The number of nitrogens with one attached hydrogen (secondary N) is 3. The summed E-state index contributed by atoms with van der Waals surface area (Å²) in [4.78, 5) is 16.2. The first kappa shape index (κ1) is 21.3. The fourth-order valence-electron chi connectivity index (χ4n) is 3.70. The first-order chi connectivity index (χ1) is 14.0. The minimum absolute atomic E-state index is 0.00481. The third kappa shape index (κ3) is 6.01. The highest BCUT2D eigenvalue weighted by Gasteiger charge is 2.28. The Morgan fingerprint density at radius 1 is 1.14 bits per heavy atom. The molecule has 0 spiro atoms. The van der Waals surface area contributed by atoms with Gasteiger partial charge in [0, 0.05) is 30.7 Å². The lowest BCUT2D eigenvalue weighted by molar-refractivity contribution is 0.251. The summed E-state index contributed by atoms with van der Waals surface area (Å²) in [7, 11) is -3.58. The molecule has 0 radical (unpaired) electrons. The third-order valence-electron chi connectivity index (χ3n) is 5.34. The van der Waals surface area contributed by atoms with Crippen molar-refractivity contribution >= 4 is 21.7 Å². The van der Waals surface area contributed by atoms with Gasteiger partial charge in [0.15, 0.2) is 0 Å². The van der Waals surface area contributed by atoms with Crippen molar-refractivity contribution in [1.82, 2.24) is 15.0 Å². The normalized spacial score (nSPS) is 19.5. The van der Waals surface area contributed by atoms with Crippen molar-refractivity contribution in [2.75, 3.05) is 5.32 Å². The molecule has 2 amide bonds. The molecule has 2 atom stereocenters. The van der Waals surface area contributed by atoms with E-state index < -0.39 is 10.0 Å². The average Bonchev–Trinajstić information content (AvgIpc) is 2.73. The Hall–Kier alpha value is -2.45. The predicted octanol–water partition coefficient (Wildman–Crippen LogP) is 3.65. The van der Waals surface area contributed by atoms with Crippen LogP contribution in [-0.2, 0) is 16.6 Å². The lowest BCUT2D eigenvalue weighted by Gasteiger charge is -2.31. The van der Waals surface area contributed by atoms with Crippen LogP contribution in [0.4, 0.5) is 10.5 Å². The van der Waals surface area contributed by atoms with Gasteiger partial charge in [0.1, 0.15) is 0 Å². The van der Waals surface area contributed by atoms with Gasteiger partial charge in [0.2, 0.25) is 10.0 Å². The van der Waals surface area contributed by atoms with Crippen LogP contribution in [0.3, 0.4) is 0 Å². The Morgan fingerprint density at radius 3 is 2.59 bits per heavy atom. The number of anilines is 1. The molecule has 1 saturated carbocycles. The number of carbonyl (C=O) groups is 1.